The number of nitrogens with zero attached hydrogens (tertiary/aromatic N) is 1. The van der Waals surface area contributed by atoms with Gasteiger partial charge in [0.05, 0.1) is 0 Å². The minimum atomic E-state index is -0.963. The van der Waals surface area contributed by atoms with Crippen molar-refractivity contribution in [1.29, 1.82) is 0 Å². The highest BCUT2D eigenvalue weighted by Crippen LogP contribution is 2.24. The predicted octanol–water partition coefficient (Wildman–Crippen LogP) is 3.17. The fourth-order valence-corrected chi connectivity index (χ4v) is 1.55. The van der Waals surface area contributed by atoms with E-state index in [2.05, 4.69) is 10.3 Å². The largest absolute Gasteiger partial charge is 0.448 e. The van der Waals surface area contributed by atoms with Crippen LogP contribution in [0, 0.1) is 18.6 Å². The molecule has 18 heavy (non-hydrogen) atoms. The van der Waals surface area contributed by atoms with Crippen LogP contribution in [-0.2, 0) is 0 Å². The van der Waals surface area contributed by atoms with Gasteiger partial charge in [-0.3, -0.25) is 4.79 Å². The van der Waals surface area contributed by atoms with Crippen LogP contribution in [0.1, 0.15) is 16.2 Å². The lowest BCUT2D eigenvalue weighted by molar-refractivity contribution is 0.102. The number of amides is 1. The monoisotopic (exact) mass is 272 g/mol. The Labute approximate surface area is 106 Å². The van der Waals surface area contributed by atoms with Crippen molar-refractivity contribution in [3.8, 4) is 0 Å². The number of hydrogen-bond acceptors (Lipinski definition) is 3. The maximum absolute atomic E-state index is 13.4. The lowest BCUT2D eigenvalue weighted by Crippen LogP contribution is -2.15. The first-order chi connectivity index (χ1) is 8.49. The number of anilines is 1. The van der Waals surface area contributed by atoms with Crippen LogP contribution in [0.4, 0.5) is 14.5 Å². The molecule has 94 valence electrons. The minimum absolute atomic E-state index is 0.0382. The third-order valence-corrected chi connectivity index (χ3v) is 2.42. The summed E-state index contributed by atoms with van der Waals surface area (Å²) in [5.41, 5.74) is -0.615. The van der Waals surface area contributed by atoms with E-state index in [0.29, 0.717) is 0 Å². The third kappa shape index (κ3) is 2.33. The highest BCUT2D eigenvalue weighted by molar-refractivity contribution is 6.30. The van der Waals surface area contributed by atoms with Gasteiger partial charge in [-0.2, -0.15) is 0 Å². The van der Waals surface area contributed by atoms with E-state index in [0.717, 1.165) is 18.5 Å². The summed E-state index contributed by atoms with van der Waals surface area (Å²) in [7, 11) is 0. The molecule has 0 saturated carbocycles. The zero-order chi connectivity index (χ0) is 13.3. The zero-order valence-corrected chi connectivity index (χ0v) is 9.89. The molecule has 0 aliphatic heterocycles. The first-order valence-corrected chi connectivity index (χ1v) is 5.23. The van der Waals surface area contributed by atoms with Crippen molar-refractivity contribution in [3.05, 3.63) is 46.6 Å². The molecule has 2 rings (SSSR count). The van der Waals surface area contributed by atoms with Gasteiger partial charge in [0, 0.05) is 5.02 Å². The molecular formula is C11H7ClF2N2O2. The second kappa shape index (κ2) is 4.73. The van der Waals surface area contributed by atoms with Crippen LogP contribution in [0.15, 0.2) is 22.9 Å². The number of halogens is 3. The highest BCUT2D eigenvalue weighted by Gasteiger charge is 2.18. The molecule has 0 atom stereocenters. The lowest BCUT2D eigenvalue weighted by Gasteiger charge is -2.06. The van der Waals surface area contributed by atoms with E-state index >= 15 is 0 Å². The summed E-state index contributed by atoms with van der Waals surface area (Å²) < 4.78 is 31.7. The number of carbonyl (C=O) groups excluding carboxylic acids is 1. The van der Waals surface area contributed by atoms with Crippen LogP contribution in [0.2, 0.25) is 5.02 Å². The zero-order valence-electron chi connectivity index (χ0n) is 9.13. The molecule has 0 spiro atoms. The van der Waals surface area contributed by atoms with Crippen LogP contribution in [0.25, 0.3) is 0 Å². The summed E-state index contributed by atoms with van der Waals surface area (Å²) in [4.78, 5) is 15.3. The first kappa shape index (κ1) is 12.5. The quantitative estimate of drug-likeness (QED) is 0.913. The van der Waals surface area contributed by atoms with E-state index in [4.69, 9.17) is 16.0 Å². The van der Waals surface area contributed by atoms with Gasteiger partial charge in [0.25, 0.3) is 5.91 Å². The molecule has 1 amide bonds. The number of aromatic nitrogens is 1. The minimum Gasteiger partial charge on any atom is -0.448 e. The van der Waals surface area contributed by atoms with Crippen molar-refractivity contribution >= 4 is 23.2 Å². The maximum atomic E-state index is 13.4. The Bertz CT molecular complexity index is 590. The van der Waals surface area contributed by atoms with E-state index in [9.17, 15) is 13.6 Å². The molecule has 0 unspecified atom stereocenters. The van der Waals surface area contributed by atoms with Crippen molar-refractivity contribution in [2.45, 2.75) is 6.92 Å². The molecule has 0 radical (unpaired) electrons. The summed E-state index contributed by atoms with van der Waals surface area (Å²) >= 11 is 5.46. The highest BCUT2D eigenvalue weighted by atomic mass is 35.5. The van der Waals surface area contributed by atoms with Crippen molar-refractivity contribution in [3.63, 3.8) is 0 Å². The van der Waals surface area contributed by atoms with Gasteiger partial charge in [-0.25, -0.2) is 13.8 Å². The fourth-order valence-electron chi connectivity index (χ4n) is 1.36. The molecule has 0 bridgehead atoms. The maximum Gasteiger partial charge on any atom is 0.278 e. The predicted molar refractivity (Wildman–Crippen MR) is 60.6 cm³/mol. The molecule has 1 aromatic carbocycles. The normalized spacial score (nSPS) is 10.4. The second-order valence-electron chi connectivity index (χ2n) is 3.46. The summed E-state index contributed by atoms with van der Waals surface area (Å²) in [6.07, 6.45) is 1.07. The van der Waals surface area contributed by atoms with E-state index in [1.807, 2.05) is 0 Å². The van der Waals surface area contributed by atoms with Gasteiger partial charge in [0.15, 0.2) is 23.7 Å². The standard InChI is InChI=1S/C11H7ClF2N2O2/c1-5-9(15-4-18-5)11(17)16-10-7(13)2-6(12)3-8(10)14/h2-4H,1H3,(H,16,17). The van der Waals surface area contributed by atoms with E-state index in [1.165, 1.54) is 6.92 Å². The number of benzene rings is 1. The summed E-state index contributed by atoms with van der Waals surface area (Å²) in [5.74, 6) is -2.44. The summed E-state index contributed by atoms with van der Waals surface area (Å²) in [6, 6.07) is 1.80. The molecule has 7 heteroatoms. The first-order valence-electron chi connectivity index (χ1n) is 4.85. The molecule has 0 fully saturated rings. The smallest absolute Gasteiger partial charge is 0.278 e. The molecule has 0 aliphatic rings. The molecule has 1 aromatic heterocycles. The Morgan fingerprint density at radius 2 is 2.00 bits per heavy atom. The molecule has 1 heterocycles. The second-order valence-corrected chi connectivity index (χ2v) is 3.89. The Hall–Kier alpha value is -1.95. The molecule has 0 aliphatic carbocycles. The van der Waals surface area contributed by atoms with Crippen molar-refractivity contribution in [2.24, 2.45) is 0 Å². The number of hydrogen-bond donors (Lipinski definition) is 1. The van der Waals surface area contributed by atoms with Crippen LogP contribution in [-0.4, -0.2) is 10.9 Å². The Morgan fingerprint density at radius 1 is 1.39 bits per heavy atom. The molecular weight excluding hydrogens is 266 g/mol. The van der Waals surface area contributed by atoms with Crippen molar-refractivity contribution in [2.75, 3.05) is 5.32 Å². The van der Waals surface area contributed by atoms with Gasteiger partial charge in [0.2, 0.25) is 0 Å². The van der Waals surface area contributed by atoms with Gasteiger partial charge in [-0.1, -0.05) is 11.6 Å². The average molecular weight is 273 g/mol. The molecule has 1 N–H and O–H groups in total. The molecule has 0 saturated heterocycles. The third-order valence-electron chi connectivity index (χ3n) is 2.21. The fraction of sp³-hybridized carbons (Fsp3) is 0.0909. The van der Waals surface area contributed by atoms with Gasteiger partial charge in [-0.15, -0.1) is 0 Å². The van der Waals surface area contributed by atoms with Crippen LogP contribution < -0.4 is 5.32 Å². The Kier molecular flexibility index (Phi) is 3.29. The van der Waals surface area contributed by atoms with Crippen molar-refractivity contribution in [1.82, 2.24) is 4.98 Å². The number of nitrogens with one attached hydrogen (secondary N) is 1. The SMILES string of the molecule is Cc1ocnc1C(=O)Nc1c(F)cc(Cl)cc1F. The average Bonchev–Trinajstić information content (AvgIpc) is 2.69. The number of oxazole rings is 1. The number of aryl methyl sites for hydroxylation is 1. The lowest BCUT2D eigenvalue weighted by atomic mass is 10.2. The molecule has 4 nitrogen and oxygen atoms in total. The topological polar surface area (TPSA) is 55.1 Å². The Balaban J connectivity index is 2.31. The summed E-state index contributed by atoms with van der Waals surface area (Å²) in [5, 5.41) is 1.98. The van der Waals surface area contributed by atoms with Crippen molar-refractivity contribution < 1.29 is 18.0 Å². The van der Waals surface area contributed by atoms with Gasteiger partial charge < -0.3 is 9.73 Å². The van der Waals surface area contributed by atoms with Crippen LogP contribution >= 0.6 is 11.6 Å². The molecule has 2 aromatic rings. The van der Waals surface area contributed by atoms with E-state index in [-0.39, 0.29) is 16.5 Å². The van der Waals surface area contributed by atoms with E-state index in [1.54, 1.807) is 0 Å². The van der Waals surface area contributed by atoms with Gasteiger partial charge in [-0.05, 0) is 19.1 Å². The number of carbonyl (C=O) groups is 1. The van der Waals surface area contributed by atoms with Crippen LogP contribution in [0.3, 0.4) is 0 Å². The van der Waals surface area contributed by atoms with E-state index < -0.39 is 23.2 Å². The van der Waals surface area contributed by atoms with Gasteiger partial charge in [0.1, 0.15) is 11.4 Å². The summed E-state index contributed by atoms with van der Waals surface area (Å²) in [6.45, 7) is 1.51. The van der Waals surface area contributed by atoms with Gasteiger partial charge >= 0.3 is 0 Å². The Morgan fingerprint density at radius 3 is 2.50 bits per heavy atom. The van der Waals surface area contributed by atoms with Crippen LogP contribution in [0.5, 0.6) is 0 Å². The number of rotatable bonds is 2.